The molecule has 94 valence electrons. The van der Waals surface area contributed by atoms with Gasteiger partial charge >= 0.3 is 0 Å². The van der Waals surface area contributed by atoms with Crippen molar-refractivity contribution in [3.63, 3.8) is 0 Å². The summed E-state index contributed by atoms with van der Waals surface area (Å²) in [6.45, 7) is 0. The Morgan fingerprint density at radius 2 is 1.72 bits per heavy atom. The predicted octanol–water partition coefficient (Wildman–Crippen LogP) is 3.06. The van der Waals surface area contributed by atoms with Gasteiger partial charge < -0.3 is 9.84 Å². The zero-order valence-electron chi connectivity index (χ0n) is 9.73. The van der Waals surface area contributed by atoms with Gasteiger partial charge in [0, 0.05) is 5.56 Å². The fraction of sp³-hybridized carbons (Fsp3) is 0.143. The Hall–Kier alpha value is -1.94. The second kappa shape index (κ2) is 5.14. The number of benzene rings is 2. The summed E-state index contributed by atoms with van der Waals surface area (Å²) in [5.74, 6) is -0.593. The van der Waals surface area contributed by atoms with E-state index in [9.17, 15) is 13.9 Å². The Balaban J connectivity index is 2.34. The van der Waals surface area contributed by atoms with E-state index in [1.807, 2.05) is 0 Å². The molecule has 0 bridgehead atoms. The summed E-state index contributed by atoms with van der Waals surface area (Å²) < 4.78 is 31.5. The molecule has 0 aliphatic heterocycles. The first kappa shape index (κ1) is 12.5. The summed E-state index contributed by atoms with van der Waals surface area (Å²) in [4.78, 5) is 0. The lowest BCUT2D eigenvalue weighted by molar-refractivity contribution is 0.214. The monoisotopic (exact) mass is 250 g/mol. The van der Waals surface area contributed by atoms with E-state index in [4.69, 9.17) is 4.74 Å². The van der Waals surface area contributed by atoms with Crippen LogP contribution in [0.1, 0.15) is 17.2 Å². The Morgan fingerprint density at radius 1 is 1.06 bits per heavy atom. The van der Waals surface area contributed by atoms with E-state index < -0.39 is 17.7 Å². The summed E-state index contributed by atoms with van der Waals surface area (Å²) in [7, 11) is 1.53. The fourth-order valence-electron chi connectivity index (χ4n) is 1.69. The van der Waals surface area contributed by atoms with Crippen molar-refractivity contribution in [1.82, 2.24) is 0 Å². The molecular weight excluding hydrogens is 238 g/mol. The van der Waals surface area contributed by atoms with Crippen LogP contribution in [0.4, 0.5) is 8.78 Å². The SMILES string of the molecule is COc1ccc(C(O)c2cc(F)ccc2F)cc1. The molecule has 2 rings (SSSR count). The first-order valence-electron chi connectivity index (χ1n) is 5.39. The molecule has 0 saturated carbocycles. The first-order chi connectivity index (χ1) is 8.61. The van der Waals surface area contributed by atoms with Crippen LogP contribution in [0.15, 0.2) is 42.5 Å². The highest BCUT2D eigenvalue weighted by atomic mass is 19.1. The minimum Gasteiger partial charge on any atom is -0.497 e. The topological polar surface area (TPSA) is 29.5 Å². The lowest BCUT2D eigenvalue weighted by Gasteiger charge is -2.13. The minimum atomic E-state index is -1.20. The van der Waals surface area contributed by atoms with Crippen molar-refractivity contribution in [2.24, 2.45) is 0 Å². The van der Waals surface area contributed by atoms with Crippen molar-refractivity contribution in [2.75, 3.05) is 7.11 Å². The van der Waals surface area contributed by atoms with Crippen molar-refractivity contribution in [3.05, 3.63) is 65.2 Å². The van der Waals surface area contributed by atoms with Crippen molar-refractivity contribution in [1.29, 1.82) is 0 Å². The maximum absolute atomic E-state index is 13.5. The van der Waals surface area contributed by atoms with Crippen molar-refractivity contribution in [2.45, 2.75) is 6.10 Å². The summed E-state index contributed by atoms with van der Waals surface area (Å²) in [5.41, 5.74) is 0.389. The van der Waals surface area contributed by atoms with E-state index in [2.05, 4.69) is 0 Å². The van der Waals surface area contributed by atoms with E-state index >= 15 is 0 Å². The average molecular weight is 250 g/mol. The molecule has 2 nitrogen and oxygen atoms in total. The summed E-state index contributed by atoms with van der Waals surface area (Å²) >= 11 is 0. The molecule has 0 aliphatic rings. The molecule has 0 aliphatic carbocycles. The lowest BCUT2D eigenvalue weighted by Crippen LogP contribution is -2.03. The van der Waals surface area contributed by atoms with E-state index in [-0.39, 0.29) is 5.56 Å². The second-order valence-corrected chi connectivity index (χ2v) is 3.84. The molecule has 2 aromatic carbocycles. The summed E-state index contributed by atoms with van der Waals surface area (Å²) in [5, 5.41) is 10.0. The molecule has 0 heterocycles. The van der Waals surface area contributed by atoms with Gasteiger partial charge in [-0.15, -0.1) is 0 Å². The van der Waals surface area contributed by atoms with Crippen molar-refractivity contribution < 1.29 is 18.6 Å². The summed E-state index contributed by atoms with van der Waals surface area (Å²) in [6.07, 6.45) is -1.20. The van der Waals surface area contributed by atoms with E-state index in [0.29, 0.717) is 11.3 Å². The number of ether oxygens (including phenoxy) is 1. The molecule has 1 N–H and O–H groups in total. The number of methoxy groups -OCH3 is 1. The molecule has 0 saturated heterocycles. The highest BCUT2D eigenvalue weighted by Crippen LogP contribution is 2.26. The third kappa shape index (κ3) is 2.49. The molecule has 1 atom stereocenters. The van der Waals surface area contributed by atoms with Gasteiger partial charge in [0.1, 0.15) is 23.5 Å². The quantitative estimate of drug-likeness (QED) is 0.907. The van der Waals surface area contributed by atoms with Gasteiger partial charge in [-0.25, -0.2) is 8.78 Å². The molecule has 0 amide bonds. The van der Waals surface area contributed by atoms with Crippen LogP contribution in [0.5, 0.6) is 5.75 Å². The van der Waals surface area contributed by atoms with Crippen LogP contribution in [0.25, 0.3) is 0 Å². The predicted molar refractivity (Wildman–Crippen MR) is 63.4 cm³/mol. The highest BCUT2D eigenvalue weighted by Gasteiger charge is 2.15. The maximum atomic E-state index is 13.5. The summed E-state index contributed by atoms with van der Waals surface area (Å²) in [6, 6.07) is 9.51. The van der Waals surface area contributed by atoms with Gasteiger partial charge in [-0.3, -0.25) is 0 Å². The Labute approximate surface area is 103 Å². The van der Waals surface area contributed by atoms with Crippen LogP contribution in [-0.4, -0.2) is 12.2 Å². The second-order valence-electron chi connectivity index (χ2n) is 3.84. The maximum Gasteiger partial charge on any atom is 0.129 e. The van der Waals surface area contributed by atoms with Crippen molar-refractivity contribution in [3.8, 4) is 5.75 Å². The molecule has 1 unspecified atom stereocenters. The van der Waals surface area contributed by atoms with Gasteiger partial charge in [-0.05, 0) is 35.9 Å². The number of aliphatic hydroxyl groups is 1. The number of hydrogen-bond donors (Lipinski definition) is 1. The van der Waals surface area contributed by atoms with Crippen LogP contribution in [0, 0.1) is 11.6 Å². The smallest absolute Gasteiger partial charge is 0.129 e. The van der Waals surface area contributed by atoms with Crippen LogP contribution in [0.2, 0.25) is 0 Å². The number of hydrogen-bond acceptors (Lipinski definition) is 2. The molecule has 0 spiro atoms. The average Bonchev–Trinajstić information content (AvgIpc) is 2.41. The van der Waals surface area contributed by atoms with Gasteiger partial charge in [0.2, 0.25) is 0 Å². The standard InChI is InChI=1S/C14H12F2O2/c1-18-11-5-2-9(3-6-11)14(17)12-8-10(15)4-7-13(12)16/h2-8,14,17H,1H3. The normalized spacial score (nSPS) is 12.2. The first-order valence-corrected chi connectivity index (χ1v) is 5.39. The largest absolute Gasteiger partial charge is 0.497 e. The zero-order valence-corrected chi connectivity index (χ0v) is 9.73. The van der Waals surface area contributed by atoms with Crippen LogP contribution >= 0.6 is 0 Å². The molecular formula is C14H12F2O2. The van der Waals surface area contributed by atoms with Crippen molar-refractivity contribution >= 4 is 0 Å². The number of rotatable bonds is 3. The molecule has 4 heteroatoms. The molecule has 0 aromatic heterocycles. The highest BCUT2D eigenvalue weighted by molar-refractivity contribution is 5.34. The van der Waals surface area contributed by atoms with Gasteiger partial charge in [-0.1, -0.05) is 12.1 Å². The zero-order chi connectivity index (χ0) is 13.1. The van der Waals surface area contributed by atoms with Gasteiger partial charge in [0.15, 0.2) is 0 Å². The van der Waals surface area contributed by atoms with Crippen LogP contribution < -0.4 is 4.74 Å². The molecule has 0 radical (unpaired) electrons. The lowest BCUT2D eigenvalue weighted by atomic mass is 10.0. The Kier molecular flexibility index (Phi) is 3.58. The third-order valence-corrected chi connectivity index (χ3v) is 2.68. The molecule has 0 fully saturated rings. The van der Waals surface area contributed by atoms with E-state index in [1.54, 1.807) is 24.3 Å². The van der Waals surface area contributed by atoms with Crippen LogP contribution in [-0.2, 0) is 0 Å². The molecule has 18 heavy (non-hydrogen) atoms. The van der Waals surface area contributed by atoms with E-state index in [0.717, 1.165) is 18.2 Å². The Morgan fingerprint density at radius 3 is 2.33 bits per heavy atom. The van der Waals surface area contributed by atoms with Gasteiger partial charge in [0.25, 0.3) is 0 Å². The van der Waals surface area contributed by atoms with Crippen LogP contribution in [0.3, 0.4) is 0 Å². The Bertz CT molecular complexity index is 538. The minimum absolute atomic E-state index is 0.0832. The number of aliphatic hydroxyl groups excluding tert-OH is 1. The fourth-order valence-corrected chi connectivity index (χ4v) is 1.69. The van der Waals surface area contributed by atoms with Gasteiger partial charge in [0.05, 0.1) is 7.11 Å². The van der Waals surface area contributed by atoms with Gasteiger partial charge in [-0.2, -0.15) is 0 Å². The molecule has 2 aromatic rings. The van der Waals surface area contributed by atoms with E-state index in [1.165, 1.54) is 7.11 Å². The number of halogens is 2. The third-order valence-electron chi connectivity index (χ3n) is 2.68.